The number of hydrogen-bond acceptors (Lipinski definition) is 4. The Labute approximate surface area is 166 Å². The van der Waals surface area contributed by atoms with Crippen molar-refractivity contribution < 1.29 is 4.79 Å². The molecular formula is C23H26N4O. The van der Waals surface area contributed by atoms with Gasteiger partial charge in [-0.2, -0.15) is 0 Å². The summed E-state index contributed by atoms with van der Waals surface area (Å²) in [5.74, 6) is 0.738. The van der Waals surface area contributed by atoms with Crippen LogP contribution in [0.4, 0.5) is 11.6 Å². The number of para-hydroxylation sites is 1. The molecule has 2 aromatic carbocycles. The molecule has 0 aliphatic carbocycles. The topological polar surface area (TPSA) is 58.1 Å². The molecule has 1 N–H and O–H groups in total. The summed E-state index contributed by atoms with van der Waals surface area (Å²) < 4.78 is 0. The maximum Gasteiger partial charge on any atom is 0.258 e. The minimum atomic E-state index is -0.203. The smallest absolute Gasteiger partial charge is 0.258 e. The van der Waals surface area contributed by atoms with Crippen LogP contribution >= 0.6 is 0 Å². The lowest BCUT2D eigenvalue weighted by molar-refractivity contribution is 0.102. The first-order valence-electron chi connectivity index (χ1n) is 9.59. The monoisotopic (exact) mass is 374 g/mol. The van der Waals surface area contributed by atoms with Gasteiger partial charge in [0.15, 0.2) is 0 Å². The minimum absolute atomic E-state index is 0.203. The van der Waals surface area contributed by atoms with Gasteiger partial charge in [-0.15, -0.1) is 0 Å². The number of hydrogen-bond donors (Lipinski definition) is 1. The number of benzene rings is 2. The number of amides is 1. The zero-order valence-corrected chi connectivity index (χ0v) is 16.6. The van der Waals surface area contributed by atoms with E-state index in [-0.39, 0.29) is 5.91 Å². The summed E-state index contributed by atoms with van der Waals surface area (Å²) in [6.45, 7) is 7.78. The molecule has 0 saturated heterocycles. The van der Waals surface area contributed by atoms with E-state index in [9.17, 15) is 4.79 Å². The van der Waals surface area contributed by atoms with E-state index in [0.717, 1.165) is 24.3 Å². The van der Waals surface area contributed by atoms with Gasteiger partial charge in [-0.05, 0) is 30.0 Å². The Hall–Kier alpha value is -3.21. The van der Waals surface area contributed by atoms with Crippen molar-refractivity contribution in [3.63, 3.8) is 0 Å². The third-order valence-corrected chi connectivity index (χ3v) is 4.61. The van der Waals surface area contributed by atoms with Crippen molar-refractivity contribution in [1.29, 1.82) is 0 Å². The Bertz CT molecular complexity index is 907. The highest BCUT2D eigenvalue weighted by Gasteiger charge is 2.13. The summed E-state index contributed by atoms with van der Waals surface area (Å²) in [6.07, 6.45) is 3.17. The normalized spacial score (nSPS) is 10.7. The van der Waals surface area contributed by atoms with Gasteiger partial charge >= 0.3 is 0 Å². The van der Waals surface area contributed by atoms with Crippen molar-refractivity contribution in [3.8, 4) is 0 Å². The lowest BCUT2D eigenvalue weighted by Crippen LogP contribution is -2.24. The lowest BCUT2D eigenvalue weighted by atomic mass is 10.0. The average molecular weight is 374 g/mol. The summed E-state index contributed by atoms with van der Waals surface area (Å²) >= 11 is 0. The molecule has 0 bridgehead atoms. The lowest BCUT2D eigenvalue weighted by Gasteiger charge is -2.20. The number of rotatable bonds is 7. The van der Waals surface area contributed by atoms with E-state index < -0.39 is 0 Å². The van der Waals surface area contributed by atoms with Crippen molar-refractivity contribution in [3.05, 3.63) is 83.7 Å². The zero-order valence-electron chi connectivity index (χ0n) is 16.6. The van der Waals surface area contributed by atoms with Crippen molar-refractivity contribution >= 4 is 17.5 Å². The summed E-state index contributed by atoms with van der Waals surface area (Å²) in [4.78, 5) is 23.5. The Balaban J connectivity index is 1.72. The fraction of sp³-hybridized carbons (Fsp3) is 0.261. The van der Waals surface area contributed by atoms with Crippen molar-refractivity contribution in [2.45, 2.75) is 33.2 Å². The standard InChI is InChI=1S/C23H26N4O/c1-4-27(16-18-10-6-5-7-11-18)23-24-14-19(15-25-23)22(28)26-21-13-9-8-12-20(21)17(2)3/h5-15,17H,4,16H2,1-3H3,(H,26,28). The van der Waals surface area contributed by atoms with Crippen LogP contribution in [0.15, 0.2) is 67.0 Å². The number of carbonyl (C=O) groups excluding carboxylic acids is 1. The molecule has 5 nitrogen and oxygen atoms in total. The van der Waals surface area contributed by atoms with Gasteiger partial charge in [0.25, 0.3) is 5.91 Å². The second-order valence-electron chi connectivity index (χ2n) is 6.97. The molecule has 0 aliphatic heterocycles. The summed E-state index contributed by atoms with van der Waals surface area (Å²) in [6, 6.07) is 18.1. The van der Waals surface area contributed by atoms with E-state index in [1.54, 1.807) is 12.4 Å². The molecule has 1 aromatic heterocycles. The Morgan fingerprint density at radius 2 is 1.64 bits per heavy atom. The van der Waals surface area contributed by atoms with Crippen LogP contribution in [-0.4, -0.2) is 22.4 Å². The highest BCUT2D eigenvalue weighted by molar-refractivity contribution is 6.04. The second kappa shape index (κ2) is 9.13. The van der Waals surface area contributed by atoms with Gasteiger partial charge in [-0.3, -0.25) is 4.79 Å². The second-order valence-corrected chi connectivity index (χ2v) is 6.97. The van der Waals surface area contributed by atoms with Crippen LogP contribution in [-0.2, 0) is 6.54 Å². The van der Waals surface area contributed by atoms with Gasteiger partial charge in [0.1, 0.15) is 0 Å². The number of anilines is 2. The van der Waals surface area contributed by atoms with Crippen molar-refractivity contribution in [1.82, 2.24) is 9.97 Å². The predicted octanol–water partition coefficient (Wildman–Crippen LogP) is 4.88. The molecule has 0 radical (unpaired) electrons. The molecule has 1 heterocycles. The van der Waals surface area contributed by atoms with E-state index in [1.165, 1.54) is 5.56 Å². The van der Waals surface area contributed by atoms with Gasteiger partial charge in [0, 0.05) is 31.2 Å². The molecule has 3 aromatic rings. The molecule has 0 aliphatic rings. The molecular weight excluding hydrogens is 348 g/mol. The van der Waals surface area contributed by atoms with E-state index >= 15 is 0 Å². The van der Waals surface area contributed by atoms with Crippen LogP contribution in [0.3, 0.4) is 0 Å². The Morgan fingerprint density at radius 1 is 1.00 bits per heavy atom. The summed E-state index contributed by atoms with van der Waals surface area (Å²) in [5, 5.41) is 2.98. The van der Waals surface area contributed by atoms with Crippen LogP contribution in [0.1, 0.15) is 48.2 Å². The van der Waals surface area contributed by atoms with Gasteiger partial charge in [0.2, 0.25) is 5.95 Å². The fourth-order valence-electron chi connectivity index (χ4n) is 3.04. The predicted molar refractivity (Wildman–Crippen MR) is 114 cm³/mol. The maximum absolute atomic E-state index is 12.6. The Kier molecular flexibility index (Phi) is 6.37. The van der Waals surface area contributed by atoms with Crippen molar-refractivity contribution in [2.24, 2.45) is 0 Å². The molecule has 0 unspecified atom stereocenters. The molecule has 0 fully saturated rings. The summed E-state index contributed by atoms with van der Waals surface area (Å²) in [7, 11) is 0. The first-order chi connectivity index (χ1) is 13.6. The molecule has 5 heteroatoms. The van der Waals surface area contributed by atoms with Crippen LogP contribution in [0.2, 0.25) is 0 Å². The van der Waals surface area contributed by atoms with E-state index in [4.69, 9.17) is 0 Å². The van der Waals surface area contributed by atoms with Crippen LogP contribution in [0, 0.1) is 0 Å². The Morgan fingerprint density at radius 3 is 2.29 bits per heavy atom. The molecule has 144 valence electrons. The molecule has 1 amide bonds. The number of aromatic nitrogens is 2. The molecule has 0 atom stereocenters. The van der Waals surface area contributed by atoms with Gasteiger partial charge < -0.3 is 10.2 Å². The highest BCUT2D eigenvalue weighted by Crippen LogP contribution is 2.24. The minimum Gasteiger partial charge on any atom is -0.337 e. The summed E-state index contributed by atoms with van der Waals surface area (Å²) in [5.41, 5.74) is 3.57. The van der Waals surface area contributed by atoms with Crippen LogP contribution in [0.5, 0.6) is 0 Å². The maximum atomic E-state index is 12.6. The van der Waals surface area contributed by atoms with E-state index in [0.29, 0.717) is 17.4 Å². The number of carbonyl (C=O) groups is 1. The third-order valence-electron chi connectivity index (χ3n) is 4.61. The number of nitrogens with zero attached hydrogens (tertiary/aromatic N) is 3. The van der Waals surface area contributed by atoms with Crippen molar-refractivity contribution in [2.75, 3.05) is 16.8 Å². The van der Waals surface area contributed by atoms with E-state index in [1.807, 2.05) is 42.5 Å². The highest BCUT2D eigenvalue weighted by atomic mass is 16.1. The average Bonchev–Trinajstić information content (AvgIpc) is 2.73. The molecule has 28 heavy (non-hydrogen) atoms. The largest absolute Gasteiger partial charge is 0.337 e. The van der Waals surface area contributed by atoms with Gasteiger partial charge in [0.05, 0.1) is 5.56 Å². The van der Waals surface area contributed by atoms with Gasteiger partial charge in [-0.25, -0.2) is 9.97 Å². The molecule has 0 spiro atoms. The zero-order chi connectivity index (χ0) is 19.9. The van der Waals surface area contributed by atoms with Crippen LogP contribution in [0.25, 0.3) is 0 Å². The quantitative estimate of drug-likeness (QED) is 0.640. The number of nitrogens with one attached hydrogen (secondary N) is 1. The molecule has 3 rings (SSSR count). The molecule has 0 saturated carbocycles. The van der Waals surface area contributed by atoms with Crippen LogP contribution < -0.4 is 10.2 Å². The van der Waals surface area contributed by atoms with E-state index in [2.05, 4.69) is 53.1 Å². The fourth-order valence-corrected chi connectivity index (χ4v) is 3.04. The third kappa shape index (κ3) is 4.74. The first-order valence-corrected chi connectivity index (χ1v) is 9.59. The SMILES string of the molecule is CCN(Cc1ccccc1)c1ncc(C(=O)Nc2ccccc2C(C)C)cn1. The first kappa shape index (κ1) is 19.5. The van der Waals surface area contributed by atoms with Gasteiger partial charge in [-0.1, -0.05) is 62.4 Å².